The first-order valence-corrected chi connectivity index (χ1v) is 8.36. The molecule has 0 aliphatic carbocycles. The average Bonchev–Trinajstić information content (AvgIpc) is 2.62. The number of hydrogen-bond acceptors (Lipinski definition) is 4. The molecule has 0 radical (unpaired) electrons. The minimum Gasteiger partial charge on any atom is -0.503 e. The molecule has 0 bridgehead atoms. The molecule has 2 N–H and O–H groups in total. The maximum absolute atomic E-state index is 12.3. The molecule has 6 heteroatoms. The zero-order valence-corrected chi connectivity index (χ0v) is 15.4. The minimum atomic E-state index is -0.505. The van der Waals surface area contributed by atoms with Gasteiger partial charge in [0.2, 0.25) is 0 Å². The van der Waals surface area contributed by atoms with Crippen molar-refractivity contribution in [2.24, 2.45) is 0 Å². The molecule has 0 saturated heterocycles. The highest BCUT2D eigenvalue weighted by atomic mass is 79.9. The Labute approximate surface area is 154 Å². The molecule has 2 rings (SSSR count). The van der Waals surface area contributed by atoms with E-state index >= 15 is 0 Å². The van der Waals surface area contributed by atoms with Crippen molar-refractivity contribution in [1.82, 2.24) is 0 Å². The van der Waals surface area contributed by atoms with Crippen LogP contribution < -0.4 is 10.1 Å². The second-order valence-corrected chi connectivity index (χ2v) is 6.08. The van der Waals surface area contributed by atoms with Crippen LogP contribution >= 0.6 is 15.9 Å². The van der Waals surface area contributed by atoms with E-state index in [2.05, 4.69) is 21.2 Å². The zero-order valence-electron chi connectivity index (χ0n) is 13.8. The van der Waals surface area contributed by atoms with Gasteiger partial charge in [-0.2, -0.15) is 5.26 Å². The number of ether oxygens (including phenoxy) is 1. The fourth-order valence-corrected chi connectivity index (χ4v) is 2.63. The number of phenols is 1. The van der Waals surface area contributed by atoms with Crippen LogP contribution in [-0.2, 0) is 11.2 Å². The number of rotatable bonds is 5. The maximum atomic E-state index is 12.3. The summed E-state index contributed by atoms with van der Waals surface area (Å²) in [4.78, 5) is 12.3. The van der Waals surface area contributed by atoms with Gasteiger partial charge in [-0.05, 0) is 63.8 Å². The monoisotopic (exact) mass is 400 g/mol. The van der Waals surface area contributed by atoms with Gasteiger partial charge in [0, 0.05) is 5.69 Å². The number of hydrogen-bond donors (Lipinski definition) is 2. The molecule has 2 aromatic rings. The standard InChI is InChI=1S/C19H17BrN2O3/c1-3-12-4-6-15(7-5-12)22-19(24)14(11-21)8-13-9-16(20)18(23)17(10-13)25-2/h4-10,23H,3H2,1-2H3,(H,22,24). The van der Waals surface area contributed by atoms with Crippen molar-refractivity contribution in [3.63, 3.8) is 0 Å². The number of carbonyl (C=O) groups excluding carboxylic acids is 1. The van der Waals surface area contributed by atoms with Gasteiger partial charge in [0.05, 0.1) is 11.6 Å². The molecule has 5 nitrogen and oxygen atoms in total. The summed E-state index contributed by atoms with van der Waals surface area (Å²) < 4.78 is 5.48. The first kappa shape index (κ1) is 18.6. The smallest absolute Gasteiger partial charge is 0.266 e. The van der Waals surface area contributed by atoms with E-state index in [9.17, 15) is 15.2 Å². The minimum absolute atomic E-state index is 0.0429. The van der Waals surface area contributed by atoms with Crippen LogP contribution in [0, 0.1) is 11.3 Å². The lowest BCUT2D eigenvalue weighted by atomic mass is 10.1. The van der Waals surface area contributed by atoms with E-state index in [0.29, 0.717) is 15.7 Å². The summed E-state index contributed by atoms with van der Waals surface area (Å²) >= 11 is 3.21. The van der Waals surface area contributed by atoms with E-state index in [4.69, 9.17) is 4.74 Å². The lowest BCUT2D eigenvalue weighted by Gasteiger charge is -2.08. The molecule has 0 aromatic heterocycles. The highest BCUT2D eigenvalue weighted by Gasteiger charge is 2.12. The number of phenolic OH excluding ortho intramolecular Hbond substituents is 1. The lowest BCUT2D eigenvalue weighted by Crippen LogP contribution is -2.13. The van der Waals surface area contributed by atoms with Crippen molar-refractivity contribution < 1.29 is 14.6 Å². The zero-order chi connectivity index (χ0) is 18.4. The van der Waals surface area contributed by atoms with Gasteiger partial charge < -0.3 is 15.2 Å². The second kappa shape index (κ2) is 8.36. The number of carbonyl (C=O) groups is 1. The van der Waals surface area contributed by atoms with Gasteiger partial charge in [0.1, 0.15) is 11.6 Å². The van der Waals surface area contributed by atoms with Crippen molar-refractivity contribution in [3.05, 3.63) is 57.6 Å². The molecule has 1 amide bonds. The summed E-state index contributed by atoms with van der Waals surface area (Å²) in [5.41, 5.74) is 2.27. The van der Waals surface area contributed by atoms with Crippen molar-refractivity contribution in [1.29, 1.82) is 5.26 Å². The van der Waals surface area contributed by atoms with Gasteiger partial charge in [-0.25, -0.2) is 0 Å². The summed E-state index contributed by atoms with van der Waals surface area (Å²) in [6, 6.07) is 12.5. The fraction of sp³-hybridized carbons (Fsp3) is 0.158. The number of anilines is 1. The van der Waals surface area contributed by atoms with E-state index < -0.39 is 5.91 Å². The predicted octanol–water partition coefficient (Wildman–Crippen LogP) is 4.27. The van der Waals surface area contributed by atoms with E-state index in [1.54, 1.807) is 24.3 Å². The van der Waals surface area contributed by atoms with E-state index in [-0.39, 0.29) is 17.1 Å². The molecule has 25 heavy (non-hydrogen) atoms. The molecule has 2 aromatic carbocycles. The second-order valence-electron chi connectivity index (χ2n) is 5.23. The Kier molecular flexibility index (Phi) is 6.20. The van der Waals surface area contributed by atoms with Crippen molar-refractivity contribution >= 4 is 33.6 Å². The SMILES string of the molecule is CCc1ccc(NC(=O)C(C#N)=Cc2cc(Br)c(O)c(OC)c2)cc1. The highest BCUT2D eigenvalue weighted by Crippen LogP contribution is 2.35. The number of benzene rings is 2. The Hall–Kier alpha value is -2.78. The van der Waals surface area contributed by atoms with Gasteiger partial charge in [-0.3, -0.25) is 4.79 Å². The van der Waals surface area contributed by atoms with Crippen molar-refractivity contribution in [2.75, 3.05) is 12.4 Å². The van der Waals surface area contributed by atoms with Crippen LogP contribution in [0.4, 0.5) is 5.69 Å². The number of aromatic hydroxyl groups is 1. The Morgan fingerprint density at radius 3 is 2.60 bits per heavy atom. The van der Waals surface area contributed by atoms with Crippen LogP contribution in [-0.4, -0.2) is 18.1 Å². The first-order valence-electron chi connectivity index (χ1n) is 7.57. The number of amides is 1. The summed E-state index contributed by atoms with van der Waals surface area (Å²) in [5.74, 6) is -0.304. The topological polar surface area (TPSA) is 82.4 Å². The average molecular weight is 401 g/mol. The fourth-order valence-electron chi connectivity index (χ4n) is 2.17. The lowest BCUT2D eigenvalue weighted by molar-refractivity contribution is -0.112. The molecule has 0 fully saturated rings. The Morgan fingerprint density at radius 1 is 1.36 bits per heavy atom. The van der Waals surface area contributed by atoms with Gasteiger partial charge in [-0.1, -0.05) is 19.1 Å². The molecule has 0 saturated carbocycles. The number of nitriles is 1. The van der Waals surface area contributed by atoms with Crippen molar-refractivity contribution in [2.45, 2.75) is 13.3 Å². The third-order valence-electron chi connectivity index (χ3n) is 3.57. The quantitative estimate of drug-likeness (QED) is 0.579. The summed E-state index contributed by atoms with van der Waals surface area (Å²) in [6.07, 6.45) is 2.34. The molecule has 0 atom stereocenters. The molecule has 0 aliphatic heterocycles. The number of nitrogens with zero attached hydrogens (tertiary/aromatic N) is 1. The molecular formula is C19H17BrN2O3. The Balaban J connectivity index is 2.26. The molecular weight excluding hydrogens is 384 g/mol. The predicted molar refractivity (Wildman–Crippen MR) is 100 cm³/mol. The van der Waals surface area contributed by atoms with Crippen LogP contribution in [0.5, 0.6) is 11.5 Å². The molecule has 0 spiro atoms. The summed E-state index contributed by atoms with van der Waals surface area (Å²) in [5, 5.41) is 21.8. The summed E-state index contributed by atoms with van der Waals surface area (Å²) in [7, 11) is 1.42. The van der Waals surface area contributed by atoms with E-state index in [0.717, 1.165) is 12.0 Å². The van der Waals surface area contributed by atoms with Crippen LogP contribution in [0.15, 0.2) is 46.4 Å². The number of methoxy groups -OCH3 is 1. The van der Waals surface area contributed by atoms with Crippen LogP contribution in [0.1, 0.15) is 18.1 Å². The van der Waals surface area contributed by atoms with Gasteiger partial charge >= 0.3 is 0 Å². The van der Waals surface area contributed by atoms with Crippen LogP contribution in [0.3, 0.4) is 0 Å². The maximum Gasteiger partial charge on any atom is 0.266 e. The summed E-state index contributed by atoms with van der Waals surface area (Å²) in [6.45, 7) is 2.05. The van der Waals surface area contributed by atoms with Crippen molar-refractivity contribution in [3.8, 4) is 17.6 Å². The molecule has 0 heterocycles. The normalized spacial score (nSPS) is 10.9. The first-order chi connectivity index (χ1) is 12.0. The third-order valence-corrected chi connectivity index (χ3v) is 4.17. The van der Waals surface area contributed by atoms with E-state index in [1.807, 2.05) is 25.1 Å². The third kappa shape index (κ3) is 4.61. The number of nitrogens with one attached hydrogen (secondary N) is 1. The Bertz CT molecular complexity index is 852. The molecule has 128 valence electrons. The molecule has 0 unspecified atom stereocenters. The van der Waals surface area contributed by atoms with Crippen LogP contribution in [0.2, 0.25) is 0 Å². The number of aryl methyl sites for hydroxylation is 1. The van der Waals surface area contributed by atoms with Gasteiger partial charge in [-0.15, -0.1) is 0 Å². The van der Waals surface area contributed by atoms with Gasteiger partial charge in [0.25, 0.3) is 5.91 Å². The van der Waals surface area contributed by atoms with E-state index in [1.165, 1.54) is 13.2 Å². The van der Waals surface area contributed by atoms with Gasteiger partial charge in [0.15, 0.2) is 11.5 Å². The molecule has 0 aliphatic rings. The largest absolute Gasteiger partial charge is 0.503 e. The Morgan fingerprint density at radius 2 is 2.04 bits per heavy atom. The van der Waals surface area contributed by atoms with Crippen LogP contribution in [0.25, 0.3) is 6.08 Å². The highest BCUT2D eigenvalue weighted by molar-refractivity contribution is 9.10. The number of halogens is 1.